The summed E-state index contributed by atoms with van der Waals surface area (Å²) in [4.78, 5) is 79.4. The van der Waals surface area contributed by atoms with Gasteiger partial charge in [-0.05, 0) is 218 Å². The molecule has 0 amide bonds. The number of aliphatic hydroxyl groups is 3. The Kier molecular flexibility index (Phi) is 28.9. The molecule has 20 atom stereocenters. The Morgan fingerprint density at radius 2 is 0.642 bits per heavy atom. The Balaban J connectivity index is 0.000000168. The van der Waals surface area contributed by atoms with Crippen LogP contribution in [0.25, 0.3) is 0 Å². The summed E-state index contributed by atoms with van der Waals surface area (Å²) in [6, 6.07) is 0. The number of hydrogen-bond donors (Lipinski definition) is 4. The Labute approximate surface area is 626 Å². The Morgan fingerprint density at radius 1 is 0.358 bits per heavy atom. The lowest BCUT2D eigenvalue weighted by Gasteiger charge is -2.60. The van der Waals surface area contributed by atoms with Crippen LogP contribution in [0, 0.1) is 29.6 Å². The molecule has 106 heavy (non-hydrogen) atoms. The zero-order chi connectivity index (χ0) is 78.6. The van der Waals surface area contributed by atoms with Gasteiger partial charge >= 0.3 is 29.8 Å². The number of fused-ring (bicyclic) bond motifs is 15. The van der Waals surface area contributed by atoms with Gasteiger partial charge in [-0.3, -0.25) is 14.4 Å². The van der Waals surface area contributed by atoms with Crippen molar-refractivity contribution in [2.45, 2.75) is 351 Å². The van der Waals surface area contributed by atoms with Gasteiger partial charge < -0.3 is 106 Å². The van der Waals surface area contributed by atoms with E-state index in [0.29, 0.717) is 76.0 Å². The fourth-order valence-corrected chi connectivity index (χ4v) is 18.0. The number of Topliss-reactive ketones (excluding diaryl/α,β-unsaturated/α-hetero) is 2. The van der Waals surface area contributed by atoms with E-state index in [0.717, 1.165) is 64.8 Å². The summed E-state index contributed by atoms with van der Waals surface area (Å²) in [6.07, 6.45) is 7.92. The van der Waals surface area contributed by atoms with Gasteiger partial charge in [0.1, 0.15) is 96.8 Å². The highest BCUT2D eigenvalue weighted by Gasteiger charge is 2.66. The zero-order valence-electron chi connectivity index (χ0n) is 66.6. The van der Waals surface area contributed by atoms with E-state index in [1.165, 1.54) is 13.8 Å². The number of rotatable bonds is 28. The third-order valence-corrected chi connectivity index (χ3v) is 24.6. The summed E-state index contributed by atoms with van der Waals surface area (Å²) in [5, 5.41) is 35.6. The highest BCUT2D eigenvalue weighted by Crippen LogP contribution is 2.57. The molecule has 5 aliphatic carbocycles. The highest BCUT2D eigenvalue weighted by molar-refractivity contribution is 5.81. The molecule has 4 N–H and O–H groups in total. The molecule has 28 nitrogen and oxygen atoms in total. The van der Waals surface area contributed by atoms with Crippen molar-refractivity contribution in [2.24, 2.45) is 29.6 Å². The second-order valence-electron chi connectivity index (χ2n) is 34.8. The van der Waals surface area contributed by atoms with Gasteiger partial charge in [-0.15, -0.1) is 0 Å². The largest absolute Gasteiger partial charge is 0.480 e. The van der Waals surface area contributed by atoms with E-state index >= 15 is 0 Å². The van der Waals surface area contributed by atoms with Crippen LogP contribution in [-0.4, -0.2) is 264 Å². The van der Waals surface area contributed by atoms with E-state index in [1.807, 2.05) is 55.4 Å². The summed E-state index contributed by atoms with van der Waals surface area (Å²) in [5.41, 5.74) is -4.64. The summed E-state index contributed by atoms with van der Waals surface area (Å²) in [7, 11) is 0. The van der Waals surface area contributed by atoms with Crippen LogP contribution in [0.2, 0.25) is 0 Å². The molecule has 5 saturated carbocycles. The molecule has 0 aromatic carbocycles. The van der Waals surface area contributed by atoms with Crippen LogP contribution in [0.5, 0.6) is 0 Å². The van der Waals surface area contributed by atoms with E-state index in [1.54, 1.807) is 13.8 Å². The summed E-state index contributed by atoms with van der Waals surface area (Å²) in [6.45, 7) is 39.7. The molecular formula is C78H128O28. The number of hydrogen-bond acceptors (Lipinski definition) is 27. The number of aliphatic hydroxyl groups excluding tert-OH is 3. The highest BCUT2D eigenvalue weighted by atomic mass is 16.7. The molecule has 0 aromatic heterocycles. The molecule has 28 heteroatoms. The lowest BCUT2D eigenvalue weighted by Crippen LogP contribution is -2.69. The third-order valence-electron chi connectivity index (χ3n) is 24.6. The molecule has 12 saturated heterocycles. The van der Waals surface area contributed by atoms with E-state index in [-0.39, 0.29) is 133 Å². The van der Waals surface area contributed by atoms with Gasteiger partial charge in [0.05, 0.1) is 111 Å². The molecule has 0 spiro atoms. The van der Waals surface area contributed by atoms with Gasteiger partial charge in [0.15, 0.2) is 5.78 Å². The number of epoxide rings is 2. The van der Waals surface area contributed by atoms with Crippen molar-refractivity contribution in [1.82, 2.24) is 0 Å². The Hall–Kier alpha value is -3.95. The summed E-state index contributed by atoms with van der Waals surface area (Å²) >= 11 is 0. The van der Waals surface area contributed by atoms with Crippen molar-refractivity contribution in [3.63, 3.8) is 0 Å². The number of ketones is 2. The smallest absolute Gasteiger partial charge is 0.332 e. The molecule has 0 radical (unpaired) electrons. The molecule has 17 rings (SSSR count). The van der Waals surface area contributed by atoms with Crippen LogP contribution in [0.15, 0.2) is 0 Å². The van der Waals surface area contributed by atoms with E-state index in [2.05, 4.69) is 48.5 Å². The van der Waals surface area contributed by atoms with E-state index in [4.69, 9.17) is 101 Å². The van der Waals surface area contributed by atoms with Crippen molar-refractivity contribution < 1.29 is 135 Å². The van der Waals surface area contributed by atoms with Crippen molar-refractivity contribution >= 4 is 41.4 Å². The monoisotopic (exact) mass is 1510 g/mol. The Morgan fingerprint density at radius 3 is 0.925 bits per heavy atom. The van der Waals surface area contributed by atoms with Crippen LogP contribution in [-0.2, 0) is 114 Å². The first-order valence-electron chi connectivity index (χ1n) is 38.6. The fraction of sp³-hybridized carbons (Fsp3) is 0.910. The van der Waals surface area contributed by atoms with Gasteiger partial charge in [-0.25, -0.2) is 14.4 Å². The Bertz CT molecular complexity index is 2890. The molecule has 10 bridgehead atoms. The zero-order valence-corrected chi connectivity index (χ0v) is 66.6. The maximum Gasteiger partial charge on any atom is 0.332 e. The second kappa shape index (κ2) is 35.0. The minimum absolute atomic E-state index is 0.0216. The lowest BCUT2D eigenvalue weighted by atomic mass is 9.65. The topological polar surface area (TPSA) is 364 Å². The number of aliphatic carboxylic acids is 1. The molecular weight excluding hydrogens is 1380 g/mol. The molecule has 12 heterocycles. The maximum absolute atomic E-state index is 12.0. The number of carbonyl (C=O) groups is 7. The van der Waals surface area contributed by atoms with Gasteiger partial charge in [-0.1, -0.05) is 13.8 Å². The van der Waals surface area contributed by atoms with E-state index < -0.39 is 89.5 Å². The van der Waals surface area contributed by atoms with E-state index in [9.17, 15) is 33.6 Å². The van der Waals surface area contributed by atoms with Gasteiger partial charge in [-0.2, -0.15) is 0 Å². The van der Waals surface area contributed by atoms with Crippen LogP contribution in [0.3, 0.4) is 0 Å². The standard InChI is InChI=1S/C17H26O7.C16H26O5.2C15H24O6.C15H28O4/c1-10(19)5-6-14(20)22-12-7-11-8-13(23-15(21)9-18)17(12,4)24-16(11,2)3;1-15(2)10-4-13(19-8-11-6-17-11)16(3,21-15)14(5-10)20-9-12-7-18-12;1-9(16)7-19-11-5-10-6-12(20-8-13(17)18)15(11,4)21-14(10,2)3;1-5-12(17)19-10-6-9-7-11(20-13(18)8-16)15(10,4)21-14(9,2)3;1-5-7-17-12-9-11-10-13(18-8-6-16)15(12,4)19-14(11,2)3/h11-13,18H,5-9H2,1-4H3;10-14H,4-9H2,1-3H3;10-12H,5-8H2,1-4H3,(H,17,18);9-11,16H,5-8H2,1-4H3;11-13,16H,5-10H2,1-4H3. The molecule has 0 aromatic rings. The third kappa shape index (κ3) is 20.8. The van der Waals surface area contributed by atoms with Crippen LogP contribution >= 0.6 is 0 Å². The lowest BCUT2D eigenvalue weighted by molar-refractivity contribution is -0.325. The van der Waals surface area contributed by atoms with Crippen LogP contribution < -0.4 is 0 Å². The first-order chi connectivity index (χ1) is 49.4. The quantitative estimate of drug-likeness (QED) is 0.0336. The summed E-state index contributed by atoms with van der Waals surface area (Å²) in [5.74, 6) is -1.93. The molecule has 12 aliphatic heterocycles. The SMILES string of the molecule is CC(=O)CCC(=O)OC1CC2CC(OC(=O)CO)C1(C)OC2(C)C.CC(=O)COC1CC2CC(OCC(=O)O)C1(C)OC2(C)C.CC1(C)OC2(C)C(OCC3CO3)CC1CC2OCC1CO1.CCC(=O)OC1CC2CC(OC(=O)CO)C1(C)OC2(C)C.CCCOC1CC2CC(OCCO)C1(C)OC2(C)C. The first kappa shape index (κ1) is 87.6. The number of carboxylic acids is 1. The first-order valence-corrected chi connectivity index (χ1v) is 38.6. The van der Waals surface area contributed by atoms with Crippen LogP contribution in [0.1, 0.15) is 221 Å². The van der Waals surface area contributed by atoms with Gasteiger partial charge in [0, 0.05) is 19.4 Å². The van der Waals surface area contributed by atoms with Crippen LogP contribution in [0.4, 0.5) is 0 Å². The van der Waals surface area contributed by atoms with Crippen molar-refractivity contribution in [3.05, 3.63) is 0 Å². The minimum Gasteiger partial charge on any atom is -0.480 e. The molecule has 608 valence electrons. The number of esters is 4. The molecule has 17 aliphatic rings. The average molecular weight is 1510 g/mol. The summed E-state index contributed by atoms with van der Waals surface area (Å²) < 4.78 is 98.8. The molecule has 17 fully saturated rings. The predicted octanol–water partition coefficient (Wildman–Crippen LogP) is 7.42. The number of carbonyl (C=O) groups excluding carboxylic acids is 6. The minimum atomic E-state index is -1.000. The average Bonchev–Trinajstić information content (AvgIpc) is 0.948. The number of carboxylic acid groups (broad SMARTS) is 1. The second-order valence-corrected chi connectivity index (χ2v) is 34.8. The van der Waals surface area contributed by atoms with Crippen molar-refractivity contribution in [2.75, 3.05) is 72.7 Å². The molecule has 20 unspecified atom stereocenters. The maximum atomic E-state index is 12.0. The predicted molar refractivity (Wildman–Crippen MR) is 379 cm³/mol. The number of ether oxygens (including phenoxy) is 17. The fourth-order valence-electron chi connectivity index (χ4n) is 18.0. The van der Waals surface area contributed by atoms with Gasteiger partial charge in [0.25, 0.3) is 0 Å². The normalized spacial score (nSPS) is 39.6. The van der Waals surface area contributed by atoms with Crippen molar-refractivity contribution in [1.29, 1.82) is 0 Å². The van der Waals surface area contributed by atoms with Crippen molar-refractivity contribution in [3.8, 4) is 0 Å². The van der Waals surface area contributed by atoms with Gasteiger partial charge in [0.2, 0.25) is 0 Å².